The smallest absolute Gasteiger partial charge is 0.326 e. The lowest BCUT2D eigenvalue weighted by atomic mass is 10.00. The Morgan fingerprint density at radius 3 is 2.16 bits per heavy atom. The SMILES string of the molecule is Cc1cccc(C)c1C(=O)NC(CC(C)C)C(=O)O. The Balaban J connectivity index is 2.91. The third-order valence-corrected chi connectivity index (χ3v) is 3.02. The molecule has 0 aromatic heterocycles. The molecule has 4 nitrogen and oxygen atoms in total. The Hall–Kier alpha value is -1.84. The summed E-state index contributed by atoms with van der Waals surface area (Å²) in [6.07, 6.45) is 0.423. The topological polar surface area (TPSA) is 66.4 Å². The quantitative estimate of drug-likeness (QED) is 0.858. The molecule has 0 fully saturated rings. The molecular formula is C15H21NO3. The fraction of sp³-hybridized carbons (Fsp3) is 0.467. The van der Waals surface area contributed by atoms with E-state index < -0.39 is 12.0 Å². The van der Waals surface area contributed by atoms with Crippen molar-refractivity contribution in [3.8, 4) is 0 Å². The van der Waals surface area contributed by atoms with Crippen LogP contribution in [0, 0.1) is 19.8 Å². The summed E-state index contributed by atoms with van der Waals surface area (Å²) >= 11 is 0. The first kappa shape index (κ1) is 15.2. The van der Waals surface area contributed by atoms with Crippen LogP contribution in [-0.4, -0.2) is 23.0 Å². The van der Waals surface area contributed by atoms with Crippen LogP contribution in [0.25, 0.3) is 0 Å². The Kier molecular flexibility index (Phi) is 5.10. The number of carbonyl (C=O) groups excluding carboxylic acids is 1. The molecule has 1 unspecified atom stereocenters. The van der Waals surface area contributed by atoms with Crippen molar-refractivity contribution < 1.29 is 14.7 Å². The van der Waals surface area contributed by atoms with Gasteiger partial charge in [0.15, 0.2) is 0 Å². The van der Waals surface area contributed by atoms with E-state index in [4.69, 9.17) is 5.11 Å². The minimum atomic E-state index is -0.992. The summed E-state index contributed by atoms with van der Waals surface area (Å²) in [5.74, 6) is -1.10. The van der Waals surface area contributed by atoms with E-state index in [1.165, 1.54) is 0 Å². The van der Waals surface area contributed by atoms with Gasteiger partial charge in [0.05, 0.1) is 0 Å². The van der Waals surface area contributed by atoms with E-state index >= 15 is 0 Å². The fourth-order valence-electron chi connectivity index (χ4n) is 2.10. The van der Waals surface area contributed by atoms with Crippen molar-refractivity contribution >= 4 is 11.9 Å². The van der Waals surface area contributed by atoms with E-state index in [0.29, 0.717) is 12.0 Å². The lowest BCUT2D eigenvalue weighted by molar-refractivity contribution is -0.139. The molecule has 0 radical (unpaired) electrons. The number of rotatable bonds is 5. The van der Waals surface area contributed by atoms with Gasteiger partial charge in [-0.1, -0.05) is 32.0 Å². The second-order valence-electron chi connectivity index (χ2n) is 5.26. The molecule has 1 rings (SSSR count). The van der Waals surface area contributed by atoms with E-state index in [-0.39, 0.29) is 11.8 Å². The van der Waals surface area contributed by atoms with Crippen molar-refractivity contribution in [2.75, 3.05) is 0 Å². The number of aliphatic carboxylic acids is 1. The highest BCUT2D eigenvalue weighted by atomic mass is 16.4. The van der Waals surface area contributed by atoms with Crippen LogP contribution in [-0.2, 0) is 4.79 Å². The van der Waals surface area contributed by atoms with E-state index in [0.717, 1.165) is 11.1 Å². The maximum atomic E-state index is 12.2. The van der Waals surface area contributed by atoms with Crippen molar-refractivity contribution in [1.82, 2.24) is 5.32 Å². The number of carbonyl (C=O) groups is 2. The van der Waals surface area contributed by atoms with E-state index in [1.54, 1.807) is 0 Å². The van der Waals surface area contributed by atoms with Crippen molar-refractivity contribution in [3.05, 3.63) is 34.9 Å². The molecule has 0 saturated heterocycles. The number of aryl methyl sites for hydroxylation is 2. The third-order valence-electron chi connectivity index (χ3n) is 3.02. The average molecular weight is 263 g/mol. The molecule has 0 aliphatic heterocycles. The molecule has 0 bridgehead atoms. The van der Waals surface area contributed by atoms with Gasteiger partial charge in [-0.2, -0.15) is 0 Å². The summed E-state index contributed by atoms with van der Waals surface area (Å²) in [5, 5.41) is 11.7. The predicted octanol–water partition coefficient (Wildman–Crippen LogP) is 2.53. The van der Waals surface area contributed by atoms with Crippen LogP contribution < -0.4 is 5.32 Å². The molecule has 0 aliphatic carbocycles. The minimum Gasteiger partial charge on any atom is -0.480 e. The number of carboxylic acid groups (broad SMARTS) is 1. The van der Waals surface area contributed by atoms with Crippen molar-refractivity contribution in [2.45, 2.75) is 40.2 Å². The highest BCUT2D eigenvalue weighted by molar-refractivity contribution is 5.99. The first-order valence-electron chi connectivity index (χ1n) is 6.42. The summed E-state index contributed by atoms with van der Waals surface area (Å²) in [7, 11) is 0. The van der Waals surface area contributed by atoms with Gasteiger partial charge in [-0.15, -0.1) is 0 Å². The maximum Gasteiger partial charge on any atom is 0.326 e. The van der Waals surface area contributed by atoms with Gasteiger partial charge in [0.1, 0.15) is 6.04 Å². The minimum absolute atomic E-state index is 0.208. The Morgan fingerprint density at radius 1 is 1.21 bits per heavy atom. The number of benzene rings is 1. The molecule has 0 saturated carbocycles. The van der Waals surface area contributed by atoms with Gasteiger partial charge >= 0.3 is 5.97 Å². The van der Waals surface area contributed by atoms with Gasteiger partial charge in [-0.3, -0.25) is 4.79 Å². The number of amides is 1. The van der Waals surface area contributed by atoms with Crippen LogP contribution in [0.3, 0.4) is 0 Å². The Bertz CT molecular complexity index is 460. The van der Waals surface area contributed by atoms with Crippen molar-refractivity contribution in [2.24, 2.45) is 5.92 Å². The zero-order valence-electron chi connectivity index (χ0n) is 11.9. The summed E-state index contributed by atoms with van der Waals surface area (Å²) in [5.41, 5.74) is 2.27. The first-order valence-corrected chi connectivity index (χ1v) is 6.42. The molecule has 0 spiro atoms. The third kappa shape index (κ3) is 4.09. The first-order chi connectivity index (χ1) is 8.82. The molecule has 0 aliphatic rings. The molecule has 104 valence electrons. The van der Waals surface area contributed by atoms with Crippen LogP contribution in [0.1, 0.15) is 41.8 Å². The van der Waals surface area contributed by atoms with Crippen molar-refractivity contribution in [1.29, 1.82) is 0 Å². The Labute approximate surface area is 113 Å². The molecule has 1 aromatic carbocycles. The fourth-order valence-corrected chi connectivity index (χ4v) is 2.10. The lowest BCUT2D eigenvalue weighted by Gasteiger charge is -2.18. The van der Waals surface area contributed by atoms with Crippen LogP contribution in [0.2, 0.25) is 0 Å². The lowest BCUT2D eigenvalue weighted by Crippen LogP contribution is -2.42. The molecule has 0 heterocycles. The molecule has 4 heteroatoms. The van der Waals surface area contributed by atoms with E-state index in [2.05, 4.69) is 5.32 Å². The standard InChI is InChI=1S/C15H21NO3/c1-9(2)8-12(15(18)19)16-14(17)13-10(3)6-5-7-11(13)4/h5-7,9,12H,8H2,1-4H3,(H,16,17)(H,18,19). The average Bonchev–Trinajstić information content (AvgIpc) is 2.27. The predicted molar refractivity (Wildman–Crippen MR) is 74.3 cm³/mol. The van der Waals surface area contributed by atoms with Gasteiger partial charge < -0.3 is 10.4 Å². The van der Waals surface area contributed by atoms with E-state index in [9.17, 15) is 9.59 Å². The van der Waals surface area contributed by atoms with E-state index in [1.807, 2.05) is 45.9 Å². The largest absolute Gasteiger partial charge is 0.480 e. The molecular weight excluding hydrogens is 242 g/mol. The number of carboxylic acids is 1. The molecule has 1 aromatic rings. The number of hydrogen-bond acceptors (Lipinski definition) is 2. The van der Waals surface area contributed by atoms with Gasteiger partial charge in [0.25, 0.3) is 5.91 Å². The highest BCUT2D eigenvalue weighted by Gasteiger charge is 2.23. The zero-order valence-corrected chi connectivity index (χ0v) is 11.9. The van der Waals surface area contributed by atoms with Crippen LogP contribution in [0.15, 0.2) is 18.2 Å². The maximum absolute atomic E-state index is 12.2. The van der Waals surface area contributed by atoms with Crippen LogP contribution in [0.4, 0.5) is 0 Å². The normalized spacial score (nSPS) is 12.3. The Morgan fingerprint density at radius 2 is 1.74 bits per heavy atom. The molecule has 1 atom stereocenters. The second-order valence-corrected chi connectivity index (χ2v) is 5.26. The van der Waals surface area contributed by atoms with Crippen molar-refractivity contribution in [3.63, 3.8) is 0 Å². The molecule has 1 amide bonds. The van der Waals surface area contributed by atoms with Crippen LogP contribution >= 0.6 is 0 Å². The van der Waals surface area contributed by atoms with Gasteiger partial charge in [-0.05, 0) is 37.3 Å². The summed E-state index contributed by atoms with van der Waals surface area (Å²) < 4.78 is 0. The zero-order chi connectivity index (χ0) is 14.6. The summed E-state index contributed by atoms with van der Waals surface area (Å²) in [6.45, 7) is 7.56. The number of nitrogens with one attached hydrogen (secondary N) is 1. The summed E-state index contributed by atoms with van der Waals surface area (Å²) in [4.78, 5) is 23.4. The second kappa shape index (κ2) is 6.36. The summed E-state index contributed by atoms with van der Waals surface area (Å²) in [6, 6.07) is 4.73. The van der Waals surface area contributed by atoms with Gasteiger partial charge in [0, 0.05) is 5.56 Å². The monoisotopic (exact) mass is 263 g/mol. The van der Waals surface area contributed by atoms with Gasteiger partial charge in [-0.25, -0.2) is 4.79 Å². The molecule has 19 heavy (non-hydrogen) atoms. The highest BCUT2D eigenvalue weighted by Crippen LogP contribution is 2.14. The number of hydrogen-bond donors (Lipinski definition) is 2. The molecule has 2 N–H and O–H groups in total. The van der Waals surface area contributed by atoms with Crippen LogP contribution in [0.5, 0.6) is 0 Å². The van der Waals surface area contributed by atoms with Gasteiger partial charge in [0.2, 0.25) is 0 Å².